The molecule has 6 rings (SSSR count). The lowest BCUT2D eigenvalue weighted by atomic mass is 9.85. The molecule has 0 saturated heterocycles. The van der Waals surface area contributed by atoms with Crippen molar-refractivity contribution in [1.82, 2.24) is 19.9 Å². The number of aromatic nitrogens is 4. The lowest BCUT2D eigenvalue weighted by molar-refractivity contribution is -0.136. The smallest absolute Gasteiger partial charge is 0.307 e. The molecule has 1 N–H and O–H groups in total. The molecule has 42 heavy (non-hydrogen) atoms. The van der Waals surface area contributed by atoms with Crippen LogP contribution in [0.15, 0.2) is 55.0 Å². The van der Waals surface area contributed by atoms with Gasteiger partial charge in [-0.05, 0) is 88.1 Å². The van der Waals surface area contributed by atoms with Crippen molar-refractivity contribution in [2.75, 3.05) is 0 Å². The van der Waals surface area contributed by atoms with Crippen LogP contribution < -0.4 is 4.74 Å². The quantitative estimate of drug-likeness (QED) is 0.200. The first-order chi connectivity index (χ1) is 20.1. The number of aryl methyl sites for hydroxylation is 1. The molecule has 1 saturated carbocycles. The van der Waals surface area contributed by atoms with Crippen LogP contribution >= 0.6 is 22.9 Å². The van der Waals surface area contributed by atoms with E-state index in [0.29, 0.717) is 16.7 Å². The number of thiazole rings is 1. The molecule has 1 aliphatic carbocycles. The summed E-state index contributed by atoms with van der Waals surface area (Å²) in [6.45, 7) is 7.84. The molecule has 0 bridgehead atoms. The van der Waals surface area contributed by atoms with Crippen LogP contribution in [0.5, 0.6) is 5.75 Å². The second-order valence-corrected chi connectivity index (χ2v) is 13.2. The number of hydrogen-bond acceptors (Lipinski definition) is 7. The first kappa shape index (κ1) is 28.2. The van der Waals surface area contributed by atoms with Crippen molar-refractivity contribution < 1.29 is 14.6 Å². The average Bonchev–Trinajstić information content (AvgIpc) is 3.32. The zero-order chi connectivity index (χ0) is 29.6. The van der Waals surface area contributed by atoms with Crippen LogP contribution in [0.4, 0.5) is 0 Å². The van der Waals surface area contributed by atoms with Gasteiger partial charge in [0.25, 0.3) is 0 Å². The zero-order valence-corrected chi connectivity index (χ0v) is 25.5. The number of rotatable bonds is 7. The summed E-state index contributed by atoms with van der Waals surface area (Å²) in [5.74, 6) is 1.07. The number of pyridine rings is 1. The van der Waals surface area contributed by atoms with E-state index in [4.69, 9.17) is 21.3 Å². The van der Waals surface area contributed by atoms with Gasteiger partial charge in [0.15, 0.2) is 0 Å². The standard InChI is InChI=1S/C33H31ClN4O3S/c1-18-12-26-30(29(24(18)15-28(39)40)23-9-8-22(34)14-27(23)41-33(2,3)4)42-32(38-26)20-10-11-35-25(13-20)21-16-36-31(37-17-21)19-6-5-7-19/h8-14,16-17,19H,5-7,15H2,1-4H3,(H,39,40). The molecule has 0 atom stereocenters. The maximum atomic E-state index is 12.0. The normalized spacial score (nSPS) is 13.7. The maximum Gasteiger partial charge on any atom is 0.307 e. The number of carboxylic acid groups (broad SMARTS) is 1. The molecule has 0 unspecified atom stereocenters. The summed E-state index contributed by atoms with van der Waals surface area (Å²) < 4.78 is 7.23. The third-order valence-corrected chi connectivity index (χ3v) is 8.79. The fraction of sp³-hybridized carbons (Fsp3) is 0.303. The highest BCUT2D eigenvalue weighted by Crippen LogP contribution is 2.45. The van der Waals surface area contributed by atoms with Crippen molar-refractivity contribution >= 4 is 39.1 Å². The predicted molar refractivity (Wildman–Crippen MR) is 167 cm³/mol. The Labute approximate surface area is 253 Å². The van der Waals surface area contributed by atoms with Crippen molar-refractivity contribution in [2.45, 2.75) is 64.9 Å². The van der Waals surface area contributed by atoms with Crippen LogP contribution in [0.2, 0.25) is 5.02 Å². The van der Waals surface area contributed by atoms with Gasteiger partial charge in [-0.1, -0.05) is 18.0 Å². The highest BCUT2D eigenvalue weighted by molar-refractivity contribution is 7.22. The average molecular weight is 599 g/mol. The van der Waals surface area contributed by atoms with E-state index in [1.165, 1.54) is 17.8 Å². The Morgan fingerprint density at radius 2 is 1.83 bits per heavy atom. The number of aliphatic carboxylic acids is 1. The second-order valence-electron chi connectivity index (χ2n) is 11.7. The van der Waals surface area contributed by atoms with Crippen molar-refractivity contribution in [3.8, 4) is 38.7 Å². The minimum absolute atomic E-state index is 0.127. The molecule has 2 aromatic carbocycles. The predicted octanol–water partition coefficient (Wildman–Crippen LogP) is 8.52. The Bertz CT molecular complexity index is 1810. The van der Waals surface area contributed by atoms with E-state index in [1.807, 2.05) is 64.4 Å². The molecule has 1 aliphatic rings. The van der Waals surface area contributed by atoms with Gasteiger partial charge in [0.1, 0.15) is 22.2 Å². The molecule has 214 valence electrons. The minimum atomic E-state index is -0.903. The maximum absolute atomic E-state index is 12.0. The van der Waals surface area contributed by atoms with Gasteiger partial charge < -0.3 is 9.84 Å². The van der Waals surface area contributed by atoms with Crippen LogP contribution in [0.3, 0.4) is 0 Å². The third-order valence-electron chi connectivity index (χ3n) is 7.41. The second kappa shape index (κ2) is 11.1. The fourth-order valence-corrected chi connectivity index (χ4v) is 6.50. The van der Waals surface area contributed by atoms with E-state index in [-0.39, 0.29) is 6.42 Å². The van der Waals surface area contributed by atoms with E-state index in [0.717, 1.165) is 73.0 Å². The highest BCUT2D eigenvalue weighted by Gasteiger charge is 2.25. The molecule has 9 heteroatoms. The van der Waals surface area contributed by atoms with Gasteiger partial charge in [-0.2, -0.15) is 0 Å². The Kier molecular flexibility index (Phi) is 7.45. The Morgan fingerprint density at radius 1 is 1.07 bits per heavy atom. The lowest BCUT2D eigenvalue weighted by Crippen LogP contribution is -2.23. The van der Waals surface area contributed by atoms with Crippen LogP contribution in [0.1, 0.15) is 62.9 Å². The van der Waals surface area contributed by atoms with Gasteiger partial charge in [0.05, 0.1) is 22.3 Å². The van der Waals surface area contributed by atoms with Crippen molar-refractivity contribution in [2.24, 2.45) is 0 Å². The van der Waals surface area contributed by atoms with Crippen molar-refractivity contribution in [3.63, 3.8) is 0 Å². The number of fused-ring (bicyclic) bond motifs is 1. The largest absolute Gasteiger partial charge is 0.487 e. The van der Waals surface area contributed by atoms with Gasteiger partial charge in [0.2, 0.25) is 0 Å². The molecule has 0 amide bonds. The van der Waals surface area contributed by atoms with Gasteiger partial charge in [-0.3, -0.25) is 9.78 Å². The number of halogens is 1. The van der Waals surface area contributed by atoms with E-state index in [9.17, 15) is 9.90 Å². The summed E-state index contributed by atoms with van der Waals surface area (Å²) in [5, 5.41) is 11.2. The SMILES string of the molecule is Cc1cc2nc(-c3ccnc(-c4cnc(C5CCC5)nc4)c3)sc2c(-c2ccc(Cl)cc2OC(C)(C)C)c1CC(=O)O. The summed E-state index contributed by atoms with van der Waals surface area (Å²) in [5.41, 5.74) is 6.02. The summed E-state index contributed by atoms with van der Waals surface area (Å²) >= 11 is 7.91. The first-order valence-corrected chi connectivity index (χ1v) is 15.2. The van der Waals surface area contributed by atoms with E-state index < -0.39 is 11.6 Å². The van der Waals surface area contributed by atoms with E-state index in [2.05, 4.69) is 15.0 Å². The van der Waals surface area contributed by atoms with Crippen LogP contribution in [-0.4, -0.2) is 36.6 Å². The molecule has 3 aromatic heterocycles. The van der Waals surface area contributed by atoms with Crippen LogP contribution in [0.25, 0.3) is 43.2 Å². The summed E-state index contributed by atoms with van der Waals surface area (Å²) in [7, 11) is 0. The first-order valence-electron chi connectivity index (χ1n) is 14.0. The Morgan fingerprint density at radius 3 is 2.50 bits per heavy atom. The number of hydrogen-bond donors (Lipinski definition) is 1. The number of carboxylic acids is 1. The molecule has 0 aliphatic heterocycles. The van der Waals surface area contributed by atoms with E-state index >= 15 is 0 Å². The van der Waals surface area contributed by atoms with Crippen LogP contribution in [0, 0.1) is 6.92 Å². The zero-order valence-electron chi connectivity index (χ0n) is 23.9. The summed E-state index contributed by atoms with van der Waals surface area (Å²) in [6.07, 6.45) is 8.89. The van der Waals surface area contributed by atoms with Crippen molar-refractivity contribution in [3.05, 3.63) is 77.0 Å². The van der Waals surface area contributed by atoms with Crippen molar-refractivity contribution in [1.29, 1.82) is 0 Å². The monoisotopic (exact) mass is 598 g/mol. The fourth-order valence-electron chi connectivity index (χ4n) is 5.21. The molecule has 0 spiro atoms. The minimum Gasteiger partial charge on any atom is -0.487 e. The number of carbonyl (C=O) groups is 1. The van der Waals surface area contributed by atoms with Gasteiger partial charge >= 0.3 is 5.97 Å². The highest BCUT2D eigenvalue weighted by atomic mass is 35.5. The third kappa shape index (κ3) is 5.74. The number of nitrogens with zero attached hydrogens (tertiary/aromatic N) is 4. The molecule has 5 aromatic rings. The summed E-state index contributed by atoms with van der Waals surface area (Å²) in [4.78, 5) is 30.8. The molecule has 3 heterocycles. The van der Waals surface area contributed by atoms with Gasteiger partial charge in [-0.25, -0.2) is 15.0 Å². The van der Waals surface area contributed by atoms with Gasteiger partial charge in [0, 0.05) is 51.8 Å². The molecular formula is C33H31ClN4O3S. The van der Waals surface area contributed by atoms with Crippen LogP contribution in [-0.2, 0) is 11.2 Å². The summed E-state index contributed by atoms with van der Waals surface area (Å²) in [6, 6.07) is 11.4. The Balaban J connectivity index is 1.48. The molecule has 7 nitrogen and oxygen atoms in total. The topological polar surface area (TPSA) is 98.1 Å². The van der Waals surface area contributed by atoms with E-state index in [1.54, 1.807) is 18.3 Å². The Hall–Kier alpha value is -3.88. The molecule has 0 radical (unpaired) electrons. The lowest BCUT2D eigenvalue weighted by Gasteiger charge is -2.24. The molecule has 1 fully saturated rings. The molecular weight excluding hydrogens is 568 g/mol. The number of ether oxygens (including phenoxy) is 1. The number of benzene rings is 2. The van der Waals surface area contributed by atoms with Gasteiger partial charge in [-0.15, -0.1) is 11.3 Å².